The van der Waals surface area contributed by atoms with Gasteiger partial charge in [0.2, 0.25) is 11.8 Å². The lowest BCUT2D eigenvalue weighted by Crippen LogP contribution is -2.60. The van der Waals surface area contributed by atoms with Gasteiger partial charge >= 0.3 is 0 Å². The van der Waals surface area contributed by atoms with Gasteiger partial charge in [-0.3, -0.25) is 14.3 Å². The van der Waals surface area contributed by atoms with Gasteiger partial charge in [-0.2, -0.15) is 0 Å². The van der Waals surface area contributed by atoms with Crippen LogP contribution in [0.1, 0.15) is 26.7 Å². The average Bonchev–Trinajstić information content (AvgIpc) is 3.37. The number of fused-ring (bicyclic) bond motifs is 3. The van der Waals surface area contributed by atoms with E-state index in [0.717, 1.165) is 12.8 Å². The highest BCUT2D eigenvalue weighted by molar-refractivity contribution is 7.92. The van der Waals surface area contributed by atoms with Crippen LogP contribution in [-0.4, -0.2) is 71.7 Å². The molecule has 2 aliphatic heterocycles. The molecule has 244 valence electrons. The van der Waals surface area contributed by atoms with Gasteiger partial charge in [0, 0.05) is 47.9 Å². The molecular weight excluding hydrogens is 637 g/mol. The minimum Gasteiger partial charge on any atom is -0.480 e. The van der Waals surface area contributed by atoms with Gasteiger partial charge in [-0.25, -0.2) is 36.5 Å². The number of hydrogen-bond donors (Lipinski definition) is 1. The second-order valence-corrected chi connectivity index (χ2v) is 13.0. The van der Waals surface area contributed by atoms with Gasteiger partial charge in [0.15, 0.2) is 10.7 Å². The molecule has 2 aromatic carbocycles. The predicted octanol–water partition coefficient (Wildman–Crippen LogP) is 4.63. The minimum atomic E-state index is -4.87. The van der Waals surface area contributed by atoms with Crippen LogP contribution >= 0.6 is 0 Å². The van der Waals surface area contributed by atoms with Crippen LogP contribution in [0.4, 0.5) is 24.7 Å². The lowest BCUT2D eigenvalue weighted by molar-refractivity contribution is -0.130. The van der Waals surface area contributed by atoms with Crippen molar-refractivity contribution < 1.29 is 35.9 Å². The van der Waals surface area contributed by atoms with Crippen LogP contribution < -0.4 is 14.4 Å². The molecule has 2 fully saturated rings. The van der Waals surface area contributed by atoms with Crippen LogP contribution in [0.25, 0.3) is 22.0 Å². The maximum absolute atomic E-state index is 14.4. The number of pyridine rings is 1. The number of rotatable bonds is 8. The molecule has 47 heavy (non-hydrogen) atoms. The molecule has 6 rings (SSSR count). The molecule has 2 saturated heterocycles. The van der Waals surface area contributed by atoms with E-state index in [1.165, 1.54) is 44.8 Å². The lowest BCUT2D eigenvalue weighted by Gasteiger charge is -2.46. The predicted molar refractivity (Wildman–Crippen MR) is 167 cm³/mol. The Morgan fingerprint density at radius 3 is 2.45 bits per heavy atom. The highest BCUT2D eigenvalue weighted by atomic mass is 32.2. The summed E-state index contributed by atoms with van der Waals surface area (Å²) in [6.45, 7) is 3.93. The highest BCUT2D eigenvalue weighted by Gasteiger charge is 2.46. The fourth-order valence-electron chi connectivity index (χ4n) is 6.34. The van der Waals surface area contributed by atoms with Crippen molar-refractivity contribution in [2.24, 2.45) is 0 Å². The lowest BCUT2D eigenvalue weighted by atomic mass is 10.0. The number of ketones is 1. The Hall–Kier alpha value is -5.05. The summed E-state index contributed by atoms with van der Waals surface area (Å²) in [6.07, 6.45) is 7.13. The highest BCUT2D eigenvalue weighted by Crippen LogP contribution is 2.39. The molecule has 11 nitrogen and oxygen atoms in total. The number of benzene rings is 2. The first-order valence-corrected chi connectivity index (χ1v) is 16.1. The van der Waals surface area contributed by atoms with Crippen LogP contribution in [0.2, 0.25) is 0 Å². The number of allylic oxidation sites excluding steroid dienone is 1. The number of carbonyl (C=O) groups excluding carboxylic acids is 2. The third-order valence-corrected chi connectivity index (χ3v) is 9.87. The molecule has 15 heteroatoms. The zero-order valence-electron chi connectivity index (χ0n) is 25.4. The number of carbonyl (C=O) groups is 2. The zero-order chi connectivity index (χ0) is 33.6. The number of sulfonamides is 1. The van der Waals surface area contributed by atoms with Crippen LogP contribution in [0, 0.1) is 17.5 Å². The summed E-state index contributed by atoms with van der Waals surface area (Å²) in [4.78, 5) is 40.3. The molecule has 0 saturated carbocycles. The van der Waals surface area contributed by atoms with E-state index in [-0.39, 0.29) is 53.5 Å². The summed E-state index contributed by atoms with van der Waals surface area (Å²) < 4.78 is 75.6. The Kier molecular flexibility index (Phi) is 8.34. The van der Waals surface area contributed by atoms with Crippen molar-refractivity contribution in [3.8, 4) is 17.0 Å². The molecular formula is C32H29F3N6O5S. The first-order chi connectivity index (χ1) is 22.4. The van der Waals surface area contributed by atoms with E-state index in [9.17, 15) is 31.2 Å². The quantitative estimate of drug-likeness (QED) is 0.267. The van der Waals surface area contributed by atoms with Crippen molar-refractivity contribution in [2.75, 3.05) is 23.3 Å². The summed E-state index contributed by atoms with van der Waals surface area (Å²) in [7, 11) is -3.62. The van der Waals surface area contributed by atoms with Crippen LogP contribution in [0.15, 0.2) is 66.0 Å². The van der Waals surface area contributed by atoms with E-state index in [1.807, 2.05) is 17.9 Å². The Bertz CT molecular complexity index is 2040. The third-order valence-electron chi connectivity index (χ3n) is 8.46. The Labute approximate surface area is 268 Å². The number of aromatic nitrogens is 3. The minimum absolute atomic E-state index is 0.0781. The number of nitrogens with one attached hydrogen (secondary N) is 1. The summed E-state index contributed by atoms with van der Waals surface area (Å²) in [5.74, 6) is -4.37. The van der Waals surface area contributed by atoms with Gasteiger partial charge in [-0.1, -0.05) is 6.07 Å². The number of halogens is 3. The zero-order valence-corrected chi connectivity index (χ0v) is 26.3. The van der Waals surface area contributed by atoms with Crippen molar-refractivity contribution in [3.05, 3.63) is 78.5 Å². The molecule has 1 amide bonds. The van der Waals surface area contributed by atoms with Crippen molar-refractivity contribution >= 4 is 44.1 Å². The summed E-state index contributed by atoms with van der Waals surface area (Å²) in [5.41, 5.74) is 1.47. The maximum Gasteiger partial charge on any atom is 0.267 e. The normalized spacial score (nSPS) is 19.4. The molecule has 2 aromatic heterocycles. The second-order valence-electron chi connectivity index (χ2n) is 11.4. The molecule has 4 aromatic rings. The number of ether oxygens (including phenoxy) is 1. The van der Waals surface area contributed by atoms with Crippen molar-refractivity contribution in [3.63, 3.8) is 0 Å². The van der Waals surface area contributed by atoms with Gasteiger partial charge in [0.1, 0.15) is 35.3 Å². The molecule has 0 spiro atoms. The standard InChI is InChI=1S/C32H29F3N6O5S/c1-17(42)4-9-29(43)41-22-6-8-28(41)18(2)40(15-22)31-23-10-19(5-7-26(23)37-16-38-31)20-11-27(32(46-3)36-14-20)39-47(44,45)30-24(34)12-21(33)13-25(30)35/h4-5,7,9-14,16,18,22,28,39H,6,8,15H2,1-3H3/b9-4+/t18-,22?,28?/m0/s1. The van der Waals surface area contributed by atoms with E-state index in [0.29, 0.717) is 34.4 Å². The monoisotopic (exact) mass is 666 g/mol. The molecule has 0 radical (unpaired) electrons. The largest absolute Gasteiger partial charge is 0.480 e. The molecule has 4 heterocycles. The van der Waals surface area contributed by atoms with Crippen LogP contribution in [-0.2, 0) is 19.6 Å². The molecule has 1 N–H and O–H groups in total. The molecule has 2 unspecified atom stereocenters. The van der Waals surface area contributed by atoms with Gasteiger partial charge in [0.25, 0.3) is 10.0 Å². The van der Waals surface area contributed by atoms with E-state index < -0.39 is 32.4 Å². The van der Waals surface area contributed by atoms with Crippen LogP contribution in [0.3, 0.4) is 0 Å². The Balaban J connectivity index is 1.34. The third kappa shape index (κ3) is 5.98. The summed E-state index contributed by atoms with van der Waals surface area (Å²) >= 11 is 0. The first kappa shape index (κ1) is 31.9. The van der Waals surface area contributed by atoms with Gasteiger partial charge in [-0.15, -0.1) is 0 Å². The van der Waals surface area contributed by atoms with Crippen LogP contribution in [0.5, 0.6) is 5.88 Å². The van der Waals surface area contributed by atoms with Gasteiger partial charge in [-0.05, 0) is 56.5 Å². The summed E-state index contributed by atoms with van der Waals surface area (Å²) in [5, 5.41) is 0.695. The van der Waals surface area contributed by atoms with Gasteiger partial charge in [0.05, 0.1) is 24.7 Å². The number of methoxy groups -OCH3 is 1. The summed E-state index contributed by atoms with van der Waals surface area (Å²) in [6, 6.07) is 7.02. The van der Waals surface area contributed by atoms with Crippen molar-refractivity contribution in [1.29, 1.82) is 0 Å². The van der Waals surface area contributed by atoms with Crippen molar-refractivity contribution in [2.45, 2.75) is 49.7 Å². The van der Waals surface area contributed by atoms with E-state index in [4.69, 9.17) is 4.74 Å². The van der Waals surface area contributed by atoms with E-state index in [2.05, 4.69) is 24.6 Å². The topological polar surface area (TPSA) is 135 Å². The van der Waals surface area contributed by atoms with Gasteiger partial charge < -0.3 is 14.5 Å². The van der Waals surface area contributed by atoms with E-state index in [1.54, 1.807) is 12.1 Å². The Morgan fingerprint density at radius 2 is 1.74 bits per heavy atom. The number of piperazine rings is 1. The fourth-order valence-corrected chi connectivity index (χ4v) is 7.51. The first-order valence-electron chi connectivity index (χ1n) is 14.6. The Morgan fingerprint density at radius 1 is 1.00 bits per heavy atom. The maximum atomic E-state index is 14.4. The molecule has 0 aliphatic carbocycles. The molecule has 2 bridgehead atoms. The number of amides is 1. The second kappa shape index (κ2) is 12.3. The number of nitrogens with zero attached hydrogens (tertiary/aromatic N) is 5. The fraction of sp³-hybridized carbons (Fsp3) is 0.281. The number of hydrogen-bond acceptors (Lipinski definition) is 9. The van der Waals surface area contributed by atoms with Crippen molar-refractivity contribution in [1.82, 2.24) is 19.9 Å². The molecule has 3 atom stereocenters. The molecule has 2 aliphatic rings. The SMILES string of the molecule is COc1ncc(-c2ccc3ncnc(N4CC5CCC([C@@H]4C)N5C(=O)/C=C/C(C)=O)c3c2)cc1NS(=O)(=O)c1c(F)cc(F)cc1F. The smallest absolute Gasteiger partial charge is 0.267 e. The van der Waals surface area contributed by atoms with E-state index >= 15 is 0 Å². The average molecular weight is 667 g/mol. The number of anilines is 2.